The Morgan fingerprint density at radius 1 is 1.07 bits per heavy atom. The van der Waals surface area contributed by atoms with E-state index in [4.69, 9.17) is 0 Å². The summed E-state index contributed by atoms with van der Waals surface area (Å²) in [4.78, 5) is 2.25. The molecule has 1 aliphatic rings. The molecule has 27 heavy (non-hydrogen) atoms. The molecule has 1 aliphatic heterocycles. The van der Waals surface area contributed by atoms with Crippen LogP contribution in [0.25, 0.3) is 0 Å². The fourth-order valence-corrected chi connectivity index (χ4v) is 3.46. The maximum atomic E-state index is 14.2. The third kappa shape index (κ3) is 4.66. The van der Waals surface area contributed by atoms with Crippen LogP contribution in [0.1, 0.15) is 29.5 Å². The predicted molar refractivity (Wildman–Crippen MR) is 94.2 cm³/mol. The van der Waals surface area contributed by atoms with Crippen LogP contribution in [0.15, 0.2) is 53.7 Å². The number of nitrogens with zero attached hydrogens (tertiary/aromatic N) is 2. The molecule has 0 saturated carbocycles. The van der Waals surface area contributed by atoms with Crippen LogP contribution in [0.2, 0.25) is 0 Å². The molecule has 1 heterocycles. The van der Waals surface area contributed by atoms with Crippen molar-refractivity contribution in [3.63, 3.8) is 0 Å². The van der Waals surface area contributed by atoms with Gasteiger partial charge in [0, 0.05) is 18.0 Å². The summed E-state index contributed by atoms with van der Waals surface area (Å²) in [5.41, 5.74) is 0.173. The van der Waals surface area contributed by atoms with E-state index in [9.17, 15) is 22.8 Å². The van der Waals surface area contributed by atoms with Crippen LogP contribution >= 0.6 is 0 Å². The number of hydrogen-bond acceptors (Lipinski definition) is 3. The average Bonchev–Trinajstić information content (AvgIpc) is 2.65. The second kappa shape index (κ2) is 8.08. The first-order valence-electron chi connectivity index (χ1n) is 8.74. The summed E-state index contributed by atoms with van der Waals surface area (Å²) in [6, 6.07) is 12.3. The normalized spacial score (nSPS) is 17.3. The first kappa shape index (κ1) is 19.4. The van der Waals surface area contributed by atoms with Gasteiger partial charge in [-0.3, -0.25) is 4.90 Å². The smallest absolute Gasteiger partial charge is 0.411 e. The molecule has 1 saturated heterocycles. The first-order valence-corrected chi connectivity index (χ1v) is 8.74. The van der Waals surface area contributed by atoms with Gasteiger partial charge in [-0.05, 0) is 49.7 Å². The summed E-state index contributed by atoms with van der Waals surface area (Å²) in [7, 11) is 0. The summed E-state index contributed by atoms with van der Waals surface area (Å²) in [5, 5.41) is 12.6. The number of likely N-dealkylation sites (tertiary alicyclic amines) is 1. The Balaban J connectivity index is 1.67. The molecule has 0 atom stereocenters. The lowest BCUT2D eigenvalue weighted by Crippen LogP contribution is -2.36. The van der Waals surface area contributed by atoms with Crippen molar-refractivity contribution in [1.82, 2.24) is 4.90 Å². The minimum Gasteiger partial charge on any atom is -0.411 e. The number of hydrogen-bond donors (Lipinski definition) is 1. The van der Waals surface area contributed by atoms with Crippen molar-refractivity contribution < 1.29 is 22.8 Å². The zero-order valence-corrected chi connectivity index (χ0v) is 14.6. The zero-order valence-electron chi connectivity index (χ0n) is 14.6. The number of benzene rings is 2. The van der Waals surface area contributed by atoms with E-state index in [0.29, 0.717) is 18.9 Å². The summed E-state index contributed by atoms with van der Waals surface area (Å²) >= 11 is 0. The van der Waals surface area contributed by atoms with Gasteiger partial charge in [0.25, 0.3) is 0 Å². The van der Waals surface area contributed by atoms with Crippen molar-refractivity contribution in [2.45, 2.75) is 25.6 Å². The van der Waals surface area contributed by atoms with Crippen molar-refractivity contribution >= 4 is 5.71 Å². The van der Waals surface area contributed by atoms with E-state index in [-0.39, 0.29) is 17.2 Å². The quantitative estimate of drug-likeness (QED) is 0.353. The highest BCUT2D eigenvalue weighted by Gasteiger charge is 2.32. The number of halogens is 4. The molecule has 3 nitrogen and oxygen atoms in total. The van der Waals surface area contributed by atoms with E-state index in [1.165, 1.54) is 5.56 Å². The van der Waals surface area contributed by atoms with Gasteiger partial charge in [-0.15, -0.1) is 0 Å². The molecule has 144 valence electrons. The predicted octanol–water partition coefficient (Wildman–Crippen LogP) is 4.94. The van der Waals surface area contributed by atoms with E-state index in [0.717, 1.165) is 31.8 Å². The molecule has 1 fully saturated rings. The molecular formula is C20H20F4N2O. The van der Waals surface area contributed by atoms with Crippen LogP contribution < -0.4 is 0 Å². The summed E-state index contributed by atoms with van der Waals surface area (Å²) < 4.78 is 52.4. The van der Waals surface area contributed by atoms with E-state index < -0.39 is 17.6 Å². The number of rotatable bonds is 4. The number of alkyl halides is 3. The van der Waals surface area contributed by atoms with E-state index in [1.807, 2.05) is 30.3 Å². The average molecular weight is 380 g/mol. The largest absolute Gasteiger partial charge is 0.416 e. The zero-order chi connectivity index (χ0) is 19.4. The van der Waals surface area contributed by atoms with Gasteiger partial charge in [-0.25, -0.2) is 4.39 Å². The van der Waals surface area contributed by atoms with E-state index in [2.05, 4.69) is 10.1 Å². The Kier molecular flexibility index (Phi) is 5.79. The Morgan fingerprint density at radius 2 is 1.74 bits per heavy atom. The van der Waals surface area contributed by atoms with Gasteiger partial charge in [-0.2, -0.15) is 13.2 Å². The molecule has 2 aromatic rings. The minimum atomic E-state index is -4.61. The second-order valence-electron chi connectivity index (χ2n) is 6.71. The standard InChI is InChI=1S/C20H20F4N2O/c21-18-12-16(20(22,23)24)6-7-17(18)19(25-27)15-8-10-26(11-9-15)13-14-4-2-1-3-5-14/h1-7,12,15,27H,8-11,13H2/b25-19-. The van der Waals surface area contributed by atoms with Gasteiger partial charge in [0.15, 0.2) is 0 Å². The van der Waals surface area contributed by atoms with Gasteiger partial charge < -0.3 is 5.21 Å². The fourth-order valence-electron chi connectivity index (χ4n) is 3.46. The van der Waals surface area contributed by atoms with Crippen molar-refractivity contribution in [3.8, 4) is 0 Å². The maximum Gasteiger partial charge on any atom is 0.416 e. The first-order chi connectivity index (χ1) is 12.9. The van der Waals surface area contributed by atoms with Gasteiger partial charge in [0.2, 0.25) is 0 Å². The fraction of sp³-hybridized carbons (Fsp3) is 0.350. The van der Waals surface area contributed by atoms with Crippen LogP contribution in [-0.4, -0.2) is 28.9 Å². The SMILES string of the molecule is O/N=C(\c1ccc(C(F)(F)F)cc1F)C1CCN(Cc2ccccc2)CC1. The van der Waals surface area contributed by atoms with Gasteiger partial charge in [0.1, 0.15) is 5.82 Å². The van der Waals surface area contributed by atoms with Crippen LogP contribution in [0, 0.1) is 11.7 Å². The molecule has 2 aromatic carbocycles. The monoisotopic (exact) mass is 380 g/mol. The van der Waals surface area contributed by atoms with Crippen molar-refractivity contribution in [3.05, 3.63) is 71.0 Å². The highest BCUT2D eigenvalue weighted by Crippen LogP contribution is 2.32. The lowest BCUT2D eigenvalue weighted by Gasteiger charge is -2.32. The molecule has 1 N–H and O–H groups in total. The molecule has 3 rings (SSSR count). The molecule has 0 amide bonds. The maximum absolute atomic E-state index is 14.2. The molecule has 0 radical (unpaired) electrons. The van der Waals surface area contributed by atoms with E-state index in [1.54, 1.807) is 0 Å². The number of oxime groups is 1. The van der Waals surface area contributed by atoms with Crippen molar-refractivity contribution in [2.24, 2.45) is 11.1 Å². The summed E-state index contributed by atoms with van der Waals surface area (Å²) in [6.45, 7) is 2.27. The molecule has 0 bridgehead atoms. The van der Waals surface area contributed by atoms with Gasteiger partial charge in [0.05, 0.1) is 11.3 Å². The van der Waals surface area contributed by atoms with E-state index >= 15 is 0 Å². The highest BCUT2D eigenvalue weighted by molar-refractivity contribution is 6.02. The Labute approximate surface area is 154 Å². The van der Waals surface area contributed by atoms with Crippen molar-refractivity contribution in [2.75, 3.05) is 13.1 Å². The van der Waals surface area contributed by atoms with Crippen LogP contribution in [0.4, 0.5) is 17.6 Å². The second-order valence-corrected chi connectivity index (χ2v) is 6.71. The lowest BCUT2D eigenvalue weighted by molar-refractivity contribution is -0.137. The summed E-state index contributed by atoms with van der Waals surface area (Å²) in [6.07, 6.45) is -3.32. The Hall–Kier alpha value is -2.41. The Morgan fingerprint density at radius 3 is 2.30 bits per heavy atom. The van der Waals surface area contributed by atoms with Crippen LogP contribution in [-0.2, 0) is 12.7 Å². The molecule has 0 unspecified atom stereocenters. The van der Waals surface area contributed by atoms with Gasteiger partial charge in [-0.1, -0.05) is 35.5 Å². The third-order valence-electron chi connectivity index (χ3n) is 4.90. The molecule has 0 spiro atoms. The molecule has 7 heteroatoms. The third-order valence-corrected chi connectivity index (χ3v) is 4.90. The number of piperidine rings is 1. The molecular weight excluding hydrogens is 360 g/mol. The summed E-state index contributed by atoms with van der Waals surface area (Å²) in [5.74, 6) is -1.22. The lowest BCUT2D eigenvalue weighted by atomic mass is 9.87. The highest BCUT2D eigenvalue weighted by atomic mass is 19.4. The molecule has 0 aliphatic carbocycles. The van der Waals surface area contributed by atoms with Gasteiger partial charge >= 0.3 is 6.18 Å². The topological polar surface area (TPSA) is 35.8 Å². The van der Waals surface area contributed by atoms with Crippen LogP contribution in [0.5, 0.6) is 0 Å². The van der Waals surface area contributed by atoms with Crippen LogP contribution in [0.3, 0.4) is 0 Å². The minimum absolute atomic E-state index is 0.0768. The van der Waals surface area contributed by atoms with Crippen molar-refractivity contribution in [1.29, 1.82) is 0 Å². The molecule has 0 aromatic heterocycles. The Bertz CT molecular complexity index is 797.